The molecule has 0 aromatic heterocycles. The Labute approximate surface area is 142 Å². The average Bonchev–Trinajstić information content (AvgIpc) is 2.57. The molecule has 0 unspecified atom stereocenters. The molecule has 0 saturated heterocycles. The fourth-order valence-corrected chi connectivity index (χ4v) is 2.22. The first-order valence-electron chi connectivity index (χ1n) is 7.93. The van der Waals surface area contributed by atoms with Gasteiger partial charge in [-0.2, -0.15) is 0 Å². The summed E-state index contributed by atoms with van der Waals surface area (Å²) in [5, 5.41) is 5.65. The molecule has 2 amide bonds. The molecule has 0 atom stereocenters. The molecule has 0 spiro atoms. The summed E-state index contributed by atoms with van der Waals surface area (Å²) in [7, 11) is 1.61. The summed E-state index contributed by atoms with van der Waals surface area (Å²) in [6, 6.07) is 14.5. The van der Waals surface area contributed by atoms with Gasteiger partial charge in [0.2, 0.25) is 11.8 Å². The minimum absolute atomic E-state index is 0.00575. The van der Waals surface area contributed by atoms with E-state index in [9.17, 15) is 9.59 Å². The SMILES string of the molecule is CCCC(=O)Nc1ccc(NC(=O)Cc2ccc(OC)cc2)cc1. The lowest BCUT2D eigenvalue weighted by atomic mass is 10.1. The van der Waals surface area contributed by atoms with Crippen LogP contribution in [0.2, 0.25) is 0 Å². The number of anilines is 2. The molecule has 0 aliphatic rings. The highest BCUT2D eigenvalue weighted by atomic mass is 16.5. The van der Waals surface area contributed by atoms with Gasteiger partial charge in [0.25, 0.3) is 0 Å². The molecular weight excluding hydrogens is 304 g/mol. The molecule has 2 aromatic rings. The third kappa shape index (κ3) is 5.43. The summed E-state index contributed by atoms with van der Waals surface area (Å²) in [5.41, 5.74) is 2.33. The molecule has 0 bridgehead atoms. The van der Waals surface area contributed by atoms with Crippen LogP contribution in [-0.2, 0) is 16.0 Å². The lowest BCUT2D eigenvalue weighted by Gasteiger charge is -2.08. The highest BCUT2D eigenvalue weighted by Crippen LogP contribution is 2.15. The zero-order valence-electron chi connectivity index (χ0n) is 14.0. The first-order chi connectivity index (χ1) is 11.6. The van der Waals surface area contributed by atoms with Crippen molar-refractivity contribution in [1.29, 1.82) is 0 Å². The van der Waals surface area contributed by atoms with Gasteiger partial charge in [-0.05, 0) is 48.4 Å². The van der Waals surface area contributed by atoms with Gasteiger partial charge in [0.15, 0.2) is 0 Å². The largest absolute Gasteiger partial charge is 0.497 e. The Balaban J connectivity index is 1.88. The van der Waals surface area contributed by atoms with Gasteiger partial charge in [-0.15, -0.1) is 0 Å². The Hall–Kier alpha value is -2.82. The Morgan fingerprint density at radius 3 is 1.92 bits per heavy atom. The van der Waals surface area contributed by atoms with Gasteiger partial charge < -0.3 is 15.4 Å². The molecule has 5 heteroatoms. The predicted molar refractivity (Wildman–Crippen MR) is 95.3 cm³/mol. The van der Waals surface area contributed by atoms with Gasteiger partial charge in [0, 0.05) is 17.8 Å². The standard InChI is InChI=1S/C19H22N2O3/c1-3-4-18(22)20-15-7-9-16(10-8-15)21-19(23)13-14-5-11-17(24-2)12-6-14/h5-12H,3-4,13H2,1-2H3,(H,20,22)(H,21,23). The summed E-state index contributed by atoms with van der Waals surface area (Å²) in [4.78, 5) is 23.6. The smallest absolute Gasteiger partial charge is 0.228 e. The van der Waals surface area contributed by atoms with Crippen LogP contribution in [0.1, 0.15) is 25.3 Å². The van der Waals surface area contributed by atoms with E-state index >= 15 is 0 Å². The van der Waals surface area contributed by atoms with Crippen LogP contribution in [0.25, 0.3) is 0 Å². The van der Waals surface area contributed by atoms with E-state index in [4.69, 9.17) is 4.74 Å². The lowest BCUT2D eigenvalue weighted by Crippen LogP contribution is -2.14. The molecule has 126 valence electrons. The number of carbonyl (C=O) groups excluding carboxylic acids is 2. The molecule has 2 aromatic carbocycles. The van der Waals surface area contributed by atoms with Gasteiger partial charge in [0.05, 0.1) is 13.5 Å². The lowest BCUT2D eigenvalue weighted by molar-refractivity contribution is -0.116. The Kier molecular flexibility index (Phi) is 6.37. The molecule has 5 nitrogen and oxygen atoms in total. The minimum Gasteiger partial charge on any atom is -0.497 e. The van der Waals surface area contributed by atoms with Crippen molar-refractivity contribution in [1.82, 2.24) is 0 Å². The molecule has 2 rings (SSSR count). The Morgan fingerprint density at radius 2 is 1.42 bits per heavy atom. The van der Waals surface area contributed by atoms with Crippen molar-refractivity contribution in [2.24, 2.45) is 0 Å². The molecule has 0 aliphatic heterocycles. The molecule has 24 heavy (non-hydrogen) atoms. The maximum atomic E-state index is 12.1. The second kappa shape index (κ2) is 8.72. The number of methoxy groups -OCH3 is 1. The number of hydrogen-bond donors (Lipinski definition) is 2. The third-order valence-corrected chi connectivity index (χ3v) is 3.45. The second-order valence-corrected chi connectivity index (χ2v) is 5.45. The number of amides is 2. The van der Waals surface area contributed by atoms with Crippen LogP contribution in [0, 0.1) is 0 Å². The van der Waals surface area contributed by atoms with Gasteiger partial charge in [-0.25, -0.2) is 0 Å². The number of ether oxygens (including phenoxy) is 1. The number of rotatable bonds is 7. The van der Waals surface area contributed by atoms with Crippen molar-refractivity contribution < 1.29 is 14.3 Å². The fraction of sp³-hybridized carbons (Fsp3) is 0.263. The first-order valence-corrected chi connectivity index (χ1v) is 7.93. The van der Waals surface area contributed by atoms with E-state index in [0.717, 1.165) is 23.4 Å². The highest BCUT2D eigenvalue weighted by Gasteiger charge is 2.05. The maximum absolute atomic E-state index is 12.1. The quantitative estimate of drug-likeness (QED) is 0.816. The molecule has 0 fully saturated rings. The third-order valence-electron chi connectivity index (χ3n) is 3.45. The molecule has 0 saturated carbocycles. The zero-order valence-corrected chi connectivity index (χ0v) is 14.0. The second-order valence-electron chi connectivity index (χ2n) is 5.45. The van der Waals surface area contributed by atoms with E-state index in [1.54, 1.807) is 31.4 Å². The monoisotopic (exact) mass is 326 g/mol. The molecule has 0 radical (unpaired) electrons. The molecule has 0 aliphatic carbocycles. The van der Waals surface area contributed by atoms with E-state index in [-0.39, 0.29) is 11.8 Å². The minimum atomic E-state index is -0.0945. The van der Waals surface area contributed by atoms with Gasteiger partial charge in [-0.3, -0.25) is 9.59 Å². The van der Waals surface area contributed by atoms with Crippen molar-refractivity contribution in [2.45, 2.75) is 26.2 Å². The first kappa shape index (κ1) is 17.5. The number of carbonyl (C=O) groups is 2. The Morgan fingerprint density at radius 1 is 0.875 bits per heavy atom. The number of nitrogens with one attached hydrogen (secondary N) is 2. The Bertz CT molecular complexity index is 679. The van der Waals surface area contributed by atoms with Crippen LogP contribution in [0.15, 0.2) is 48.5 Å². The van der Waals surface area contributed by atoms with Crippen LogP contribution in [0.3, 0.4) is 0 Å². The average molecular weight is 326 g/mol. The van der Waals surface area contributed by atoms with Gasteiger partial charge >= 0.3 is 0 Å². The number of benzene rings is 2. The highest BCUT2D eigenvalue weighted by molar-refractivity contribution is 5.93. The van der Waals surface area contributed by atoms with Crippen LogP contribution in [0.4, 0.5) is 11.4 Å². The van der Waals surface area contributed by atoms with Crippen LogP contribution < -0.4 is 15.4 Å². The summed E-state index contributed by atoms with van der Waals surface area (Å²) >= 11 is 0. The van der Waals surface area contributed by atoms with Gasteiger partial charge in [-0.1, -0.05) is 19.1 Å². The van der Waals surface area contributed by atoms with Gasteiger partial charge in [0.1, 0.15) is 5.75 Å². The fourth-order valence-electron chi connectivity index (χ4n) is 2.22. The van der Waals surface area contributed by atoms with Crippen LogP contribution in [0.5, 0.6) is 5.75 Å². The van der Waals surface area contributed by atoms with E-state index in [0.29, 0.717) is 18.5 Å². The molecule has 0 heterocycles. The summed E-state index contributed by atoms with van der Waals surface area (Å²) in [5.74, 6) is 0.664. The van der Waals surface area contributed by atoms with Crippen molar-refractivity contribution in [2.75, 3.05) is 17.7 Å². The normalized spacial score (nSPS) is 10.1. The molecular formula is C19H22N2O3. The summed E-state index contributed by atoms with van der Waals surface area (Å²) < 4.78 is 5.09. The van der Waals surface area contributed by atoms with Crippen LogP contribution in [-0.4, -0.2) is 18.9 Å². The van der Waals surface area contributed by atoms with E-state index in [1.807, 2.05) is 31.2 Å². The van der Waals surface area contributed by atoms with E-state index < -0.39 is 0 Å². The summed E-state index contributed by atoms with van der Waals surface area (Å²) in [6.45, 7) is 1.96. The number of hydrogen-bond acceptors (Lipinski definition) is 3. The van der Waals surface area contributed by atoms with E-state index in [2.05, 4.69) is 10.6 Å². The van der Waals surface area contributed by atoms with Crippen molar-refractivity contribution in [3.63, 3.8) is 0 Å². The maximum Gasteiger partial charge on any atom is 0.228 e. The van der Waals surface area contributed by atoms with Crippen LogP contribution >= 0.6 is 0 Å². The topological polar surface area (TPSA) is 67.4 Å². The zero-order chi connectivity index (χ0) is 17.4. The molecule has 2 N–H and O–H groups in total. The van der Waals surface area contributed by atoms with E-state index in [1.165, 1.54) is 0 Å². The van der Waals surface area contributed by atoms with Crippen molar-refractivity contribution in [3.05, 3.63) is 54.1 Å². The van der Waals surface area contributed by atoms with Crippen molar-refractivity contribution in [3.8, 4) is 5.75 Å². The van der Waals surface area contributed by atoms with Crippen molar-refractivity contribution >= 4 is 23.2 Å². The summed E-state index contributed by atoms with van der Waals surface area (Å²) in [6.07, 6.45) is 1.60. The predicted octanol–water partition coefficient (Wildman–Crippen LogP) is 3.62.